The Bertz CT molecular complexity index is 381. The largest absolute Gasteiger partial charge is 0.449 e. The van der Waals surface area contributed by atoms with E-state index in [-0.39, 0.29) is 12.7 Å². The van der Waals surface area contributed by atoms with Crippen LogP contribution in [-0.2, 0) is 19.7 Å². The molecule has 0 aromatic carbocycles. The molecule has 7 nitrogen and oxygen atoms in total. The summed E-state index contributed by atoms with van der Waals surface area (Å²) in [6.45, 7) is 3.02. The Morgan fingerprint density at radius 1 is 1.42 bits per heavy atom. The predicted octanol–water partition coefficient (Wildman–Crippen LogP) is 0.853. The summed E-state index contributed by atoms with van der Waals surface area (Å²) in [5, 5.41) is 0.760. The first-order valence-corrected chi connectivity index (χ1v) is 8.68. The molecule has 0 radical (unpaired) electrons. The Labute approximate surface area is 121 Å². The number of nitrogens with one attached hydrogen (secondary N) is 1. The Morgan fingerprint density at radius 3 is 2.58 bits per heavy atom. The molecule has 1 aliphatic rings. The first kappa shape index (κ1) is 16.7. The van der Waals surface area contributed by atoms with E-state index in [1.165, 1.54) is 4.31 Å². The molecule has 112 valence electrons. The maximum absolute atomic E-state index is 11.9. The first-order chi connectivity index (χ1) is 8.99. The zero-order valence-electron chi connectivity index (χ0n) is 10.8. The van der Waals surface area contributed by atoms with E-state index in [0.717, 1.165) is 5.33 Å². The van der Waals surface area contributed by atoms with E-state index in [1.807, 2.05) is 4.72 Å². The molecule has 0 bridgehead atoms. The molecule has 0 spiro atoms. The summed E-state index contributed by atoms with van der Waals surface area (Å²) in [6.07, 6.45) is 0.375. The number of nitrogens with zero attached hydrogens (tertiary/aromatic N) is 1. The highest BCUT2D eigenvalue weighted by Gasteiger charge is 2.29. The lowest BCUT2D eigenvalue weighted by atomic mass is 10.1. The van der Waals surface area contributed by atoms with E-state index in [9.17, 15) is 13.2 Å². The summed E-state index contributed by atoms with van der Waals surface area (Å²) < 4.78 is 36.9. The fourth-order valence-electron chi connectivity index (χ4n) is 1.78. The van der Waals surface area contributed by atoms with Gasteiger partial charge in [-0.2, -0.15) is 12.7 Å². The van der Waals surface area contributed by atoms with Gasteiger partial charge in [-0.25, -0.2) is 9.52 Å². The molecule has 1 N–H and O–H groups in total. The van der Waals surface area contributed by atoms with Gasteiger partial charge < -0.3 is 9.47 Å². The fourth-order valence-corrected chi connectivity index (χ4v) is 3.06. The second kappa shape index (κ2) is 8.03. The number of hydrogen-bond donors (Lipinski definition) is 1. The Hall–Kier alpha value is -0.380. The molecule has 0 aromatic rings. The number of carbonyl (C=O) groups excluding carboxylic acids is 1. The van der Waals surface area contributed by atoms with Crippen molar-refractivity contribution in [2.24, 2.45) is 0 Å². The number of hydrogen-bond acceptors (Lipinski definition) is 5. The second-order valence-electron chi connectivity index (χ2n) is 3.99. The Morgan fingerprint density at radius 2 is 2.05 bits per heavy atom. The third-order valence-electron chi connectivity index (χ3n) is 2.66. The summed E-state index contributed by atoms with van der Waals surface area (Å²) in [7, 11) is -3.80. The van der Waals surface area contributed by atoms with Crippen molar-refractivity contribution in [3.05, 3.63) is 0 Å². The number of alkyl halides is 1. The van der Waals surface area contributed by atoms with Crippen LogP contribution in [-0.4, -0.2) is 56.6 Å². The zero-order chi connectivity index (χ0) is 14.3. The average Bonchev–Trinajstić information content (AvgIpc) is 2.36. The van der Waals surface area contributed by atoms with Crippen LogP contribution < -0.4 is 4.72 Å². The van der Waals surface area contributed by atoms with Gasteiger partial charge in [-0.3, -0.25) is 0 Å². The molecule has 1 saturated heterocycles. The monoisotopic (exact) mass is 358 g/mol. The molecule has 1 amide bonds. The minimum atomic E-state index is -3.80. The van der Waals surface area contributed by atoms with Crippen molar-refractivity contribution in [3.63, 3.8) is 0 Å². The van der Waals surface area contributed by atoms with Gasteiger partial charge in [0.25, 0.3) is 0 Å². The molecule has 1 aliphatic heterocycles. The Balaban J connectivity index is 2.43. The topological polar surface area (TPSA) is 84.9 Å². The number of piperidine rings is 1. The van der Waals surface area contributed by atoms with Gasteiger partial charge in [0.15, 0.2) is 0 Å². The number of carbonyl (C=O) groups is 1. The number of amides is 1. The summed E-state index contributed by atoms with van der Waals surface area (Å²) in [6, 6.07) is 0. The van der Waals surface area contributed by atoms with E-state index in [1.54, 1.807) is 6.92 Å². The molecule has 0 unspecified atom stereocenters. The molecular weight excluding hydrogens is 340 g/mol. The maximum Gasteiger partial charge on any atom is 0.421 e. The van der Waals surface area contributed by atoms with E-state index < -0.39 is 16.3 Å². The highest BCUT2D eigenvalue weighted by Crippen LogP contribution is 2.16. The highest BCUT2D eigenvalue weighted by atomic mass is 79.9. The van der Waals surface area contributed by atoms with Crippen LogP contribution in [0, 0.1) is 0 Å². The lowest BCUT2D eigenvalue weighted by Gasteiger charge is -2.30. The molecule has 9 heteroatoms. The first-order valence-electron chi connectivity index (χ1n) is 6.11. The van der Waals surface area contributed by atoms with Gasteiger partial charge in [0.2, 0.25) is 0 Å². The van der Waals surface area contributed by atoms with E-state index in [4.69, 9.17) is 4.74 Å². The number of ether oxygens (including phenoxy) is 2. The van der Waals surface area contributed by atoms with E-state index in [2.05, 4.69) is 20.7 Å². The molecule has 1 heterocycles. The van der Waals surface area contributed by atoms with Gasteiger partial charge in [-0.05, 0) is 19.8 Å². The maximum atomic E-state index is 11.9. The van der Waals surface area contributed by atoms with Gasteiger partial charge in [0, 0.05) is 18.4 Å². The quantitative estimate of drug-likeness (QED) is 0.711. The van der Waals surface area contributed by atoms with Gasteiger partial charge in [0.05, 0.1) is 19.3 Å². The molecule has 0 atom stereocenters. The summed E-state index contributed by atoms with van der Waals surface area (Å²) in [5.41, 5.74) is 0. The Kier molecular flexibility index (Phi) is 7.05. The van der Waals surface area contributed by atoms with E-state index >= 15 is 0 Å². The van der Waals surface area contributed by atoms with E-state index in [0.29, 0.717) is 32.5 Å². The number of rotatable bonds is 6. The summed E-state index contributed by atoms with van der Waals surface area (Å²) in [4.78, 5) is 11.1. The van der Waals surface area contributed by atoms with Crippen molar-refractivity contribution in [2.45, 2.75) is 25.9 Å². The van der Waals surface area contributed by atoms with Crippen LogP contribution in [0.1, 0.15) is 19.8 Å². The van der Waals surface area contributed by atoms with Crippen molar-refractivity contribution in [1.82, 2.24) is 9.03 Å². The molecule has 0 aliphatic carbocycles. The average molecular weight is 359 g/mol. The van der Waals surface area contributed by atoms with Crippen LogP contribution in [0.15, 0.2) is 0 Å². The molecule has 0 aromatic heterocycles. The van der Waals surface area contributed by atoms with Crippen LogP contribution in [0.2, 0.25) is 0 Å². The molecule has 1 fully saturated rings. The standard InChI is InChI=1S/C10H19BrN2O5S/c1-2-17-10(14)12-19(15,16)13-6-3-9(4-7-13)18-8-5-11/h9H,2-8H2,1H3,(H,12,14). The van der Waals surface area contributed by atoms with Crippen LogP contribution in [0.5, 0.6) is 0 Å². The lowest BCUT2D eigenvalue weighted by molar-refractivity contribution is 0.0307. The zero-order valence-corrected chi connectivity index (χ0v) is 13.2. The molecule has 19 heavy (non-hydrogen) atoms. The van der Waals surface area contributed by atoms with Crippen LogP contribution in [0.25, 0.3) is 0 Å². The van der Waals surface area contributed by atoms with Crippen molar-refractivity contribution in [1.29, 1.82) is 0 Å². The second-order valence-corrected chi connectivity index (χ2v) is 6.45. The third kappa shape index (κ3) is 5.64. The van der Waals surface area contributed by atoms with Crippen LogP contribution in [0.3, 0.4) is 0 Å². The molecule has 0 saturated carbocycles. The van der Waals surface area contributed by atoms with Gasteiger partial charge in [-0.1, -0.05) is 15.9 Å². The van der Waals surface area contributed by atoms with Gasteiger partial charge in [0.1, 0.15) is 0 Å². The molecular formula is C10H19BrN2O5S. The van der Waals surface area contributed by atoms with Crippen molar-refractivity contribution in [3.8, 4) is 0 Å². The summed E-state index contributed by atoms with van der Waals surface area (Å²) >= 11 is 3.27. The molecule has 1 rings (SSSR count). The lowest BCUT2D eigenvalue weighted by Crippen LogP contribution is -2.48. The smallest absolute Gasteiger partial charge is 0.421 e. The van der Waals surface area contributed by atoms with Crippen LogP contribution in [0.4, 0.5) is 4.79 Å². The minimum absolute atomic E-state index is 0.0755. The SMILES string of the molecule is CCOC(=O)NS(=O)(=O)N1CCC(OCCBr)CC1. The van der Waals surface area contributed by atoms with Gasteiger partial charge in [-0.15, -0.1) is 0 Å². The fraction of sp³-hybridized carbons (Fsp3) is 0.900. The third-order valence-corrected chi connectivity index (χ3v) is 4.45. The predicted molar refractivity (Wildman–Crippen MR) is 73.4 cm³/mol. The minimum Gasteiger partial charge on any atom is -0.449 e. The number of halogens is 1. The van der Waals surface area contributed by atoms with Crippen molar-refractivity contribution >= 4 is 32.2 Å². The van der Waals surface area contributed by atoms with Crippen molar-refractivity contribution < 1.29 is 22.7 Å². The normalized spacial score (nSPS) is 18.2. The summed E-state index contributed by atoms with van der Waals surface area (Å²) in [5.74, 6) is 0. The van der Waals surface area contributed by atoms with Crippen LogP contribution >= 0.6 is 15.9 Å². The van der Waals surface area contributed by atoms with Gasteiger partial charge >= 0.3 is 16.3 Å². The highest BCUT2D eigenvalue weighted by molar-refractivity contribution is 9.09. The van der Waals surface area contributed by atoms with Crippen molar-refractivity contribution in [2.75, 3.05) is 31.6 Å².